The van der Waals surface area contributed by atoms with Crippen molar-refractivity contribution < 1.29 is 55.6 Å². The van der Waals surface area contributed by atoms with Crippen LogP contribution in [0.1, 0.15) is 39.5 Å². The van der Waals surface area contributed by atoms with Gasteiger partial charge in [-0.2, -0.15) is 12.8 Å². The average molecular weight is 385 g/mol. The van der Waals surface area contributed by atoms with E-state index in [1.165, 1.54) is 0 Å². The molecular formula is C13H22CuNO4Zn-. The van der Waals surface area contributed by atoms with E-state index in [2.05, 4.69) is 23.3 Å². The monoisotopic (exact) mass is 383 g/mol. The Labute approximate surface area is 146 Å². The first kappa shape index (κ1) is 31.8. The summed E-state index contributed by atoms with van der Waals surface area (Å²) < 4.78 is 9.21. The molecule has 20 heavy (non-hydrogen) atoms. The van der Waals surface area contributed by atoms with Crippen molar-refractivity contribution in [1.29, 1.82) is 5.26 Å². The van der Waals surface area contributed by atoms with Crippen molar-refractivity contribution in [3.8, 4) is 0 Å². The van der Waals surface area contributed by atoms with E-state index in [1.54, 1.807) is 13.8 Å². The molecule has 0 rings (SSSR count). The molecule has 0 saturated carbocycles. The van der Waals surface area contributed by atoms with Gasteiger partial charge in [-0.05, 0) is 13.8 Å². The molecule has 0 aliphatic carbocycles. The normalized spacial score (nSPS) is 7.10. The van der Waals surface area contributed by atoms with Gasteiger partial charge in [0.25, 0.3) is 0 Å². The van der Waals surface area contributed by atoms with Gasteiger partial charge in [0, 0.05) is 32.3 Å². The molecular weight excluding hydrogens is 363 g/mol. The minimum atomic E-state index is -0.150. The van der Waals surface area contributed by atoms with Crippen molar-refractivity contribution >= 4 is 11.9 Å². The molecule has 0 aliphatic heterocycles. The van der Waals surface area contributed by atoms with E-state index in [0.29, 0.717) is 38.9 Å². The number of ether oxygens (including phenoxy) is 2. The number of carbonyl (C=O) groups is 2. The molecule has 7 heteroatoms. The predicted molar refractivity (Wildman–Crippen MR) is 67.4 cm³/mol. The van der Waals surface area contributed by atoms with Gasteiger partial charge < -0.3 is 35.2 Å². The number of hydrogen-bond acceptors (Lipinski definition) is 5. The second-order valence-electron chi connectivity index (χ2n) is 2.82. The minimum absolute atomic E-state index is 0. The average Bonchev–Trinajstić information content (AvgIpc) is 2.34. The fourth-order valence-corrected chi connectivity index (χ4v) is 0.755. The zero-order chi connectivity index (χ0) is 14.8. The van der Waals surface area contributed by atoms with Crippen molar-refractivity contribution in [1.82, 2.24) is 0 Å². The maximum absolute atomic E-state index is 10.4. The van der Waals surface area contributed by atoms with Gasteiger partial charge in [0.1, 0.15) is 0 Å². The largest absolute Gasteiger partial charge is 2.00 e. The summed E-state index contributed by atoms with van der Waals surface area (Å²) >= 11 is 0. The van der Waals surface area contributed by atoms with Gasteiger partial charge in [-0.1, -0.05) is 0 Å². The Morgan fingerprint density at radius 3 is 1.35 bits per heavy atom. The number of rotatable bonds is 6. The first-order valence-corrected chi connectivity index (χ1v) is 5.74. The van der Waals surface area contributed by atoms with Crippen molar-refractivity contribution in [3.05, 3.63) is 20.4 Å². The van der Waals surface area contributed by atoms with Gasteiger partial charge >= 0.3 is 29.0 Å². The molecule has 0 atom stereocenters. The Hall–Kier alpha value is -0.427. The third kappa shape index (κ3) is 36.0. The standard InChI is InChI=1S/2C6H11O2.CN.Cu.Zn/c2*1-3-5-6(7)8-4-2;1-2;;/h2*1,3-5H2,2H3;;;/q3*-1;+2;. The Kier molecular flexibility index (Phi) is 49.5. The van der Waals surface area contributed by atoms with Gasteiger partial charge in [-0.25, -0.2) is 0 Å². The summed E-state index contributed by atoms with van der Waals surface area (Å²) in [5, 5.41) is 6.25. The zero-order valence-electron chi connectivity index (χ0n) is 12.2. The summed E-state index contributed by atoms with van der Waals surface area (Å²) in [6, 6.07) is 0. The van der Waals surface area contributed by atoms with Gasteiger partial charge in [0.15, 0.2) is 0 Å². The van der Waals surface area contributed by atoms with Crippen molar-refractivity contribution in [2.24, 2.45) is 0 Å². The molecule has 0 spiro atoms. The van der Waals surface area contributed by atoms with Crippen LogP contribution in [0.15, 0.2) is 0 Å². The van der Waals surface area contributed by atoms with Crippen LogP contribution in [0.4, 0.5) is 0 Å². The van der Waals surface area contributed by atoms with Crippen molar-refractivity contribution in [3.63, 3.8) is 0 Å². The Bertz CT molecular complexity index is 190. The van der Waals surface area contributed by atoms with E-state index >= 15 is 0 Å². The van der Waals surface area contributed by atoms with Crippen LogP contribution < -0.4 is 0 Å². The van der Waals surface area contributed by atoms with E-state index in [-0.39, 0.29) is 48.5 Å². The molecule has 5 nitrogen and oxygen atoms in total. The predicted octanol–water partition coefficient (Wildman–Crippen LogP) is 2.42. The molecule has 0 fully saturated rings. The first-order chi connectivity index (χ1) is 8.62. The Morgan fingerprint density at radius 2 is 1.20 bits per heavy atom. The molecule has 0 amide bonds. The molecule has 0 heterocycles. The fourth-order valence-electron chi connectivity index (χ4n) is 0.755. The molecule has 0 aromatic rings. The summed E-state index contributed by atoms with van der Waals surface area (Å²) in [7, 11) is 0. The SMILES string of the molecule is [C-]#N.[CH2-]CCC(=O)OCC.[CH2-]CCC(=O)OCC.[Cu+2].[Zn]. The smallest absolute Gasteiger partial charge is 0.512 e. The topological polar surface area (TPSA) is 76.4 Å². The summed E-state index contributed by atoms with van der Waals surface area (Å²) in [5.74, 6) is -0.301. The summed E-state index contributed by atoms with van der Waals surface area (Å²) in [4.78, 5) is 20.8. The number of hydrogen-bond donors (Lipinski definition) is 0. The van der Waals surface area contributed by atoms with Crippen LogP contribution in [0.3, 0.4) is 0 Å². The summed E-state index contributed by atoms with van der Waals surface area (Å²) in [6.45, 7) is 16.3. The zero-order valence-corrected chi connectivity index (χ0v) is 16.2. The van der Waals surface area contributed by atoms with Crippen LogP contribution in [0.2, 0.25) is 0 Å². The van der Waals surface area contributed by atoms with E-state index in [4.69, 9.17) is 11.8 Å². The van der Waals surface area contributed by atoms with E-state index in [9.17, 15) is 9.59 Å². The van der Waals surface area contributed by atoms with Gasteiger partial charge in [-0.15, -0.1) is 0 Å². The Morgan fingerprint density at radius 1 is 0.950 bits per heavy atom. The molecule has 0 bridgehead atoms. The van der Waals surface area contributed by atoms with Crippen LogP contribution >= 0.6 is 0 Å². The molecule has 0 aliphatic rings. The molecule has 0 saturated heterocycles. The molecule has 0 unspecified atom stereocenters. The van der Waals surface area contributed by atoms with Gasteiger partial charge in [-0.3, -0.25) is 9.59 Å². The maximum atomic E-state index is 10.4. The van der Waals surface area contributed by atoms with Gasteiger partial charge in [0.05, 0.1) is 13.2 Å². The van der Waals surface area contributed by atoms with Crippen molar-refractivity contribution in [2.75, 3.05) is 13.2 Å². The van der Waals surface area contributed by atoms with E-state index in [1.807, 2.05) is 0 Å². The molecule has 0 aromatic carbocycles. The quantitative estimate of drug-likeness (QED) is 0.399. The van der Waals surface area contributed by atoms with Crippen LogP contribution in [-0.4, -0.2) is 25.2 Å². The third-order valence-electron chi connectivity index (χ3n) is 1.37. The van der Waals surface area contributed by atoms with Crippen LogP contribution in [-0.2, 0) is 55.6 Å². The summed E-state index contributed by atoms with van der Waals surface area (Å²) in [6.07, 6.45) is 2.12. The molecule has 117 valence electrons. The number of carbonyl (C=O) groups excluding carboxylic acids is 2. The minimum Gasteiger partial charge on any atom is -0.512 e. The van der Waals surface area contributed by atoms with Crippen LogP contribution in [0, 0.1) is 25.7 Å². The van der Waals surface area contributed by atoms with E-state index < -0.39 is 0 Å². The first-order valence-electron chi connectivity index (χ1n) is 5.74. The molecule has 0 aromatic heterocycles. The van der Waals surface area contributed by atoms with Gasteiger partial charge in [0.2, 0.25) is 0 Å². The fraction of sp³-hybridized carbons (Fsp3) is 0.615. The van der Waals surface area contributed by atoms with Crippen LogP contribution in [0.25, 0.3) is 0 Å². The number of nitrogens with zero attached hydrogens (tertiary/aromatic N) is 1. The third-order valence-corrected chi connectivity index (χ3v) is 1.37. The maximum Gasteiger partial charge on any atom is 2.00 e. The molecule has 1 radical (unpaired) electrons. The molecule has 0 N–H and O–H groups in total. The van der Waals surface area contributed by atoms with Crippen molar-refractivity contribution in [2.45, 2.75) is 39.5 Å². The summed E-state index contributed by atoms with van der Waals surface area (Å²) in [5.41, 5.74) is 0. The second-order valence-corrected chi connectivity index (χ2v) is 2.82. The second kappa shape index (κ2) is 31.1. The Balaban J connectivity index is -0.0000000611. The van der Waals surface area contributed by atoms with Crippen LogP contribution in [0.5, 0.6) is 0 Å². The van der Waals surface area contributed by atoms with E-state index in [0.717, 1.165) is 0 Å². The number of esters is 2.